The van der Waals surface area contributed by atoms with E-state index >= 15 is 0 Å². The van der Waals surface area contributed by atoms with E-state index in [4.69, 9.17) is 10.5 Å². The van der Waals surface area contributed by atoms with Gasteiger partial charge in [0.2, 0.25) is 0 Å². The lowest BCUT2D eigenvalue weighted by molar-refractivity contribution is 0.0518. The van der Waals surface area contributed by atoms with Crippen LogP contribution in [0.3, 0.4) is 0 Å². The SMILES string of the molecule is CC(C)(C)c1ccc(NC2CC(OC(N)=O)C2)cc1. The van der Waals surface area contributed by atoms with Crippen LogP contribution >= 0.6 is 0 Å². The number of amides is 1. The van der Waals surface area contributed by atoms with Crippen molar-refractivity contribution in [1.82, 2.24) is 0 Å². The number of benzene rings is 1. The molecule has 4 heteroatoms. The number of carbonyl (C=O) groups is 1. The zero-order chi connectivity index (χ0) is 14.0. The van der Waals surface area contributed by atoms with Crippen molar-refractivity contribution in [3.05, 3.63) is 29.8 Å². The summed E-state index contributed by atoms with van der Waals surface area (Å²) in [4.78, 5) is 10.6. The van der Waals surface area contributed by atoms with E-state index in [2.05, 4.69) is 50.4 Å². The third-order valence-corrected chi connectivity index (χ3v) is 3.50. The highest BCUT2D eigenvalue weighted by atomic mass is 16.6. The Labute approximate surface area is 114 Å². The molecule has 1 aliphatic carbocycles. The average molecular weight is 262 g/mol. The van der Waals surface area contributed by atoms with Crippen LogP contribution in [-0.4, -0.2) is 18.2 Å². The molecule has 1 saturated carbocycles. The molecule has 1 aromatic carbocycles. The van der Waals surface area contributed by atoms with Crippen molar-refractivity contribution < 1.29 is 9.53 Å². The van der Waals surface area contributed by atoms with Crippen molar-refractivity contribution in [3.63, 3.8) is 0 Å². The van der Waals surface area contributed by atoms with E-state index in [0.717, 1.165) is 18.5 Å². The van der Waals surface area contributed by atoms with E-state index in [-0.39, 0.29) is 11.5 Å². The van der Waals surface area contributed by atoms with Crippen molar-refractivity contribution >= 4 is 11.8 Å². The van der Waals surface area contributed by atoms with E-state index in [1.165, 1.54) is 5.56 Å². The predicted molar refractivity (Wildman–Crippen MR) is 76.2 cm³/mol. The van der Waals surface area contributed by atoms with Crippen LogP contribution in [0.4, 0.5) is 10.5 Å². The van der Waals surface area contributed by atoms with Crippen LogP contribution in [0.15, 0.2) is 24.3 Å². The molecule has 0 unspecified atom stereocenters. The summed E-state index contributed by atoms with van der Waals surface area (Å²) in [6.45, 7) is 6.60. The molecule has 0 heterocycles. The van der Waals surface area contributed by atoms with Gasteiger partial charge in [-0.05, 0) is 23.1 Å². The van der Waals surface area contributed by atoms with Crippen molar-refractivity contribution in [1.29, 1.82) is 0 Å². The zero-order valence-electron chi connectivity index (χ0n) is 11.8. The number of primary amides is 1. The Balaban J connectivity index is 1.84. The molecule has 0 radical (unpaired) electrons. The minimum atomic E-state index is -0.682. The minimum Gasteiger partial charge on any atom is -0.446 e. The summed E-state index contributed by atoms with van der Waals surface area (Å²) >= 11 is 0. The Bertz CT molecular complexity index is 442. The quantitative estimate of drug-likeness (QED) is 0.880. The number of hydrogen-bond donors (Lipinski definition) is 2. The largest absolute Gasteiger partial charge is 0.446 e. The van der Waals surface area contributed by atoms with Crippen molar-refractivity contribution in [2.24, 2.45) is 5.73 Å². The number of rotatable bonds is 3. The van der Waals surface area contributed by atoms with Gasteiger partial charge in [0.1, 0.15) is 6.10 Å². The molecule has 0 aliphatic heterocycles. The first-order chi connectivity index (χ1) is 8.84. The average Bonchev–Trinajstić information content (AvgIpc) is 2.25. The van der Waals surface area contributed by atoms with E-state index in [1.54, 1.807) is 0 Å². The van der Waals surface area contributed by atoms with Gasteiger partial charge in [-0.2, -0.15) is 0 Å². The lowest BCUT2D eigenvalue weighted by Gasteiger charge is -2.35. The highest BCUT2D eigenvalue weighted by Crippen LogP contribution is 2.28. The van der Waals surface area contributed by atoms with Crippen LogP contribution in [-0.2, 0) is 10.2 Å². The van der Waals surface area contributed by atoms with Gasteiger partial charge < -0.3 is 15.8 Å². The molecular weight excluding hydrogens is 240 g/mol. The molecule has 19 heavy (non-hydrogen) atoms. The number of anilines is 1. The number of hydrogen-bond acceptors (Lipinski definition) is 3. The Morgan fingerprint density at radius 1 is 1.26 bits per heavy atom. The lowest BCUT2D eigenvalue weighted by atomic mass is 9.86. The molecule has 0 spiro atoms. The topological polar surface area (TPSA) is 64.3 Å². The normalized spacial score (nSPS) is 22.5. The molecule has 0 bridgehead atoms. The Morgan fingerprint density at radius 2 is 1.84 bits per heavy atom. The van der Waals surface area contributed by atoms with Gasteiger partial charge in [0.25, 0.3) is 0 Å². The van der Waals surface area contributed by atoms with Crippen LogP contribution < -0.4 is 11.1 Å². The van der Waals surface area contributed by atoms with Crippen LogP contribution in [0, 0.1) is 0 Å². The fourth-order valence-corrected chi connectivity index (χ4v) is 2.25. The van der Waals surface area contributed by atoms with Crippen LogP contribution in [0.5, 0.6) is 0 Å². The Kier molecular flexibility index (Phi) is 3.69. The molecule has 1 aliphatic rings. The number of carbonyl (C=O) groups excluding carboxylic acids is 1. The van der Waals surface area contributed by atoms with E-state index in [0.29, 0.717) is 6.04 Å². The molecule has 1 aromatic rings. The van der Waals surface area contributed by atoms with Crippen molar-refractivity contribution in [3.8, 4) is 0 Å². The van der Waals surface area contributed by atoms with Gasteiger partial charge in [-0.3, -0.25) is 0 Å². The van der Waals surface area contributed by atoms with Gasteiger partial charge >= 0.3 is 6.09 Å². The molecule has 1 fully saturated rings. The van der Waals surface area contributed by atoms with Gasteiger partial charge in [-0.1, -0.05) is 32.9 Å². The fraction of sp³-hybridized carbons (Fsp3) is 0.533. The molecular formula is C15H22N2O2. The van der Waals surface area contributed by atoms with Crippen LogP contribution in [0.1, 0.15) is 39.2 Å². The van der Waals surface area contributed by atoms with E-state index in [1.807, 2.05) is 0 Å². The monoisotopic (exact) mass is 262 g/mol. The molecule has 4 nitrogen and oxygen atoms in total. The Hall–Kier alpha value is -1.71. The predicted octanol–water partition coefficient (Wildman–Crippen LogP) is 3.02. The minimum absolute atomic E-state index is 0.0242. The summed E-state index contributed by atoms with van der Waals surface area (Å²) in [5.74, 6) is 0. The van der Waals surface area contributed by atoms with Crippen molar-refractivity contribution in [2.45, 2.75) is 51.2 Å². The number of nitrogens with one attached hydrogen (secondary N) is 1. The molecule has 1 amide bonds. The summed E-state index contributed by atoms with van der Waals surface area (Å²) in [7, 11) is 0. The zero-order valence-corrected chi connectivity index (χ0v) is 11.8. The van der Waals surface area contributed by atoms with Gasteiger partial charge in [0.05, 0.1) is 0 Å². The molecule has 104 valence electrons. The summed E-state index contributed by atoms with van der Waals surface area (Å²) in [5, 5.41) is 3.43. The summed E-state index contributed by atoms with van der Waals surface area (Å²) < 4.78 is 4.92. The van der Waals surface area contributed by atoms with Crippen molar-refractivity contribution in [2.75, 3.05) is 5.32 Å². The van der Waals surface area contributed by atoms with Gasteiger partial charge in [-0.15, -0.1) is 0 Å². The molecule has 2 rings (SSSR count). The smallest absolute Gasteiger partial charge is 0.404 e. The molecule has 0 atom stereocenters. The second kappa shape index (κ2) is 5.11. The lowest BCUT2D eigenvalue weighted by Crippen LogP contribution is -2.42. The maximum absolute atomic E-state index is 10.6. The third-order valence-electron chi connectivity index (χ3n) is 3.50. The highest BCUT2D eigenvalue weighted by molar-refractivity contribution is 5.65. The molecule has 3 N–H and O–H groups in total. The second-order valence-electron chi connectivity index (χ2n) is 6.20. The van der Waals surface area contributed by atoms with E-state index < -0.39 is 6.09 Å². The molecule has 0 saturated heterocycles. The fourth-order valence-electron chi connectivity index (χ4n) is 2.25. The van der Waals surface area contributed by atoms with Gasteiger partial charge in [-0.25, -0.2) is 4.79 Å². The first kappa shape index (κ1) is 13.7. The second-order valence-corrected chi connectivity index (χ2v) is 6.20. The Morgan fingerprint density at radius 3 is 2.32 bits per heavy atom. The summed E-state index contributed by atoms with van der Waals surface area (Å²) in [6.07, 6.45) is 0.940. The summed E-state index contributed by atoms with van der Waals surface area (Å²) in [6, 6.07) is 8.87. The van der Waals surface area contributed by atoms with Crippen LogP contribution in [0.2, 0.25) is 0 Å². The number of ether oxygens (including phenoxy) is 1. The maximum Gasteiger partial charge on any atom is 0.404 e. The summed E-state index contributed by atoms with van der Waals surface area (Å²) in [5.41, 5.74) is 7.58. The third kappa shape index (κ3) is 3.63. The van der Waals surface area contributed by atoms with Gasteiger partial charge in [0.15, 0.2) is 0 Å². The van der Waals surface area contributed by atoms with Gasteiger partial charge in [0, 0.05) is 24.6 Å². The number of nitrogens with two attached hydrogens (primary N) is 1. The van der Waals surface area contributed by atoms with E-state index in [9.17, 15) is 4.79 Å². The maximum atomic E-state index is 10.6. The highest BCUT2D eigenvalue weighted by Gasteiger charge is 2.31. The van der Waals surface area contributed by atoms with Crippen LogP contribution in [0.25, 0.3) is 0 Å². The molecule has 0 aromatic heterocycles. The standard InChI is InChI=1S/C15H22N2O2/c1-15(2,3)10-4-6-11(7-5-10)17-12-8-13(9-12)19-14(16)18/h4-7,12-13,17H,8-9H2,1-3H3,(H2,16,18). The first-order valence-electron chi connectivity index (χ1n) is 6.68. The first-order valence-corrected chi connectivity index (χ1v) is 6.68.